The number of benzene rings is 2. The van der Waals surface area contributed by atoms with E-state index in [0.717, 1.165) is 52.1 Å². The van der Waals surface area contributed by atoms with Gasteiger partial charge in [-0.25, -0.2) is 0 Å². The Hall–Kier alpha value is -4.04. The summed E-state index contributed by atoms with van der Waals surface area (Å²) in [5.41, 5.74) is 10.7. The Bertz CT molecular complexity index is 1340. The van der Waals surface area contributed by atoms with Gasteiger partial charge >= 0.3 is 0 Å². The number of nitrogens with zero attached hydrogens (tertiary/aromatic N) is 2. The van der Waals surface area contributed by atoms with Crippen LogP contribution in [0.1, 0.15) is 46.7 Å². The summed E-state index contributed by atoms with van der Waals surface area (Å²) in [5.74, 6) is 0.228. The Morgan fingerprint density at radius 1 is 1.26 bits per heavy atom. The second-order valence-corrected chi connectivity index (χ2v) is 9.20. The molecule has 1 fully saturated rings. The Labute approximate surface area is 207 Å². The number of amides is 1. The van der Waals surface area contributed by atoms with Crippen LogP contribution in [0.3, 0.4) is 0 Å². The molecule has 0 spiro atoms. The maximum absolute atomic E-state index is 12.9. The second-order valence-electron chi connectivity index (χ2n) is 9.20. The fourth-order valence-corrected chi connectivity index (χ4v) is 4.88. The molecular weight excluding hydrogens is 432 g/mol. The van der Waals surface area contributed by atoms with E-state index in [9.17, 15) is 10.1 Å². The summed E-state index contributed by atoms with van der Waals surface area (Å²) in [4.78, 5) is 14.9. The molecule has 0 radical (unpaired) electrons. The number of aryl methyl sites for hydroxylation is 1. The Kier molecular flexibility index (Phi) is 7.52. The lowest BCUT2D eigenvalue weighted by Gasteiger charge is -2.33. The van der Waals surface area contributed by atoms with Crippen LogP contribution in [0.15, 0.2) is 72.9 Å². The Balaban J connectivity index is 1.55. The van der Waals surface area contributed by atoms with E-state index in [2.05, 4.69) is 36.2 Å². The summed E-state index contributed by atoms with van der Waals surface area (Å²) in [6, 6.07) is 14.5. The van der Waals surface area contributed by atoms with E-state index in [1.165, 1.54) is 0 Å². The first-order valence-corrected chi connectivity index (χ1v) is 12.1. The molecule has 178 valence electrons. The average Bonchev–Trinajstić information content (AvgIpc) is 2.89. The highest BCUT2D eigenvalue weighted by molar-refractivity contribution is 5.94. The molecule has 2 aromatic rings. The molecule has 1 aliphatic heterocycles. The second kappa shape index (κ2) is 10.9. The van der Waals surface area contributed by atoms with E-state index >= 15 is 0 Å². The van der Waals surface area contributed by atoms with Crippen LogP contribution in [0.2, 0.25) is 0 Å². The van der Waals surface area contributed by atoms with Gasteiger partial charge in [0, 0.05) is 53.3 Å². The topological polar surface area (TPSA) is 82.2 Å². The molecule has 5 heteroatoms. The number of rotatable bonds is 5. The smallest absolute Gasteiger partial charge is 0.253 e. The molecular formula is C30H32N4O. The van der Waals surface area contributed by atoms with E-state index in [0.29, 0.717) is 18.7 Å². The molecule has 1 atom stereocenters. The molecule has 4 rings (SSSR count). The van der Waals surface area contributed by atoms with Crippen LogP contribution in [0.5, 0.6) is 0 Å². The molecule has 1 aliphatic carbocycles. The fourth-order valence-electron chi connectivity index (χ4n) is 4.88. The van der Waals surface area contributed by atoms with E-state index < -0.39 is 0 Å². The van der Waals surface area contributed by atoms with Gasteiger partial charge in [0.05, 0.1) is 6.07 Å². The average molecular weight is 465 g/mol. The number of carbonyl (C=O) groups excluding carboxylic acids is 1. The van der Waals surface area contributed by atoms with Crippen molar-refractivity contribution in [1.29, 1.82) is 5.26 Å². The maximum atomic E-state index is 12.9. The van der Waals surface area contributed by atoms with Crippen molar-refractivity contribution >= 4 is 23.9 Å². The molecule has 1 unspecified atom stereocenters. The lowest BCUT2D eigenvalue weighted by molar-refractivity contribution is 0.0718. The van der Waals surface area contributed by atoms with E-state index in [1.54, 1.807) is 12.3 Å². The van der Waals surface area contributed by atoms with Gasteiger partial charge in [0.1, 0.15) is 0 Å². The third kappa shape index (κ3) is 5.55. The zero-order valence-corrected chi connectivity index (χ0v) is 20.2. The summed E-state index contributed by atoms with van der Waals surface area (Å²) >= 11 is 0. The quantitative estimate of drug-likeness (QED) is 0.704. The van der Waals surface area contributed by atoms with Crippen molar-refractivity contribution in [2.75, 3.05) is 18.4 Å². The number of likely N-dealkylation sites (tertiary alicyclic amines) is 1. The van der Waals surface area contributed by atoms with Crippen molar-refractivity contribution in [3.8, 4) is 6.07 Å². The number of hydrogen-bond donors (Lipinski definition) is 2. The SMILES string of the molecule is C=C/C=c1/cc(C2C=C(C#N)C=CC2)cc(NC2CCN(C(=O)c3cccc(C)c3)CC2)/c1=C/N. The van der Waals surface area contributed by atoms with Gasteiger partial charge in [-0.1, -0.05) is 54.6 Å². The van der Waals surface area contributed by atoms with Gasteiger partial charge in [-0.2, -0.15) is 5.26 Å². The van der Waals surface area contributed by atoms with E-state index in [1.807, 2.05) is 54.3 Å². The van der Waals surface area contributed by atoms with Crippen molar-refractivity contribution in [3.05, 3.63) is 100.0 Å². The normalized spacial score (nSPS) is 19.3. The first-order valence-electron chi connectivity index (χ1n) is 12.1. The number of nitrogens with one attached hydrogen (secondary N) is 1. The summed E-state index contributed by atoms with van der Waals surface area (Å²) in [5, 5.41) is 15.0. The van der Waals surface area contributed by atoms with Gasteiger partial charge in [-0.05, 0) is 61.2 Å². The number of anilines is 1. The first-order chi connectivity index (χ1) is 17.0. The van der Waals surface area contributed by atoms with Crippen LogP contribution in [0.4, 0.5) is 5.69 Å². The van der Waals surface area contributed by atoms with Crippen LogP contribution in [-0.2, 0) is 0 Å². The Morgan fingerprint density at radius 2 is 2.06 bits per heavy atom. The summed E-state index contributed by atoms with van der Waals surface area (Å²) in [6.45, 7) is 7.29. The monoisotopic (exact) mass is 464 g/mol. The van der Waals surface area contributed by atoms with E-state index in [4.69, 9.17) is 5.73 Å². The van der Waals surface area contributed by atoms with Gasteiger partial charge < -0.3 is 16.0 Å². The molecule has 0 saturated carbocycles. The standard InChI is InChI=1S/C30H32N4O/c1-3-6-24-17-26(23-9-5-8-22(16-23)19-31)18-29(28(24)20-32)33-27-11-13-34(14-12-27)30(35)25-10-4-7-21(2)15-25/h3-8,10,15-18,20,23,27,33H,1,9,11-14,32H2,2H3/b24-6-,28-20+. The molecule has 1 amide bonds. The highest BCUT2D eigenvalue weighted by Crippen LogP contribution is 2.27. The van der Waals surface area contributed by atoms with E-state index in [-0.39, 0.29) is 17.9 Å². The molecule has 35 heavy (non-hydrogen) atoms. The fraction of sp³-hybridized carbons (Fsp3) is 0.267. The van der Waals surface area contributed by atoms with Crippen molar-refractivity contribution < 1.29 is 4.79 Å². The van der Waals surface area contributed by atoms with Crippen molar-refractivity contribution in [2.45, 2.75) is 38.1 Å². The number of nitriles is 1. The molecule has 0 aromatic heterocycles. The number of hydrogen-bond acceptors (Lipinski definition) is 4. The summed E-state index contributed by atoms with van der Waals surface area (Å²) in [6.07, 6.45) is 13.9. The third-order valence-electron chi connectivity index (χ3n) is 6.73. The Morgan fingerprint density at radius 3 is 2.74 bits per heavy atom. The predicted octanol–water partition coefficient (Wildman–Crippen LogP) is 3.87. The molecule has 1 heterocycles. The van der Waals surface area contributed by atoms with Crippen molar-refractivity contribution in [1.82, 2.24) is 4.90 Å². The predicted molar refractivity (Wildman–Crippen MR) is 143 cm³/mol. The van der Waals surface area contributed by atoms with Crippen LogP contribution >= 0.6 is 0 Å². The largest absolute Gasteiger partial charge is 0.404 e. The number of piperidine rings is 1. The molecule has 0 bridgehead atoms. The van der Waals surface area contributed by atoms with Gasteiger partial charge in [-0.15, -0.1) is 0 Å². The van der Waals surface area contributed by atoms with Crippen LogP contribution < -0.4 is 21.5 Å². The molecule has 5 nitrogen and oxygen atoms in total. The first kappa shape index (κ1) is 24.1. The number of allylic oxidation sites excluding steroid dienone is 5. The lowest BCUT2D eigenvalue weighted by Crippen LogP contribution is -2.43. The van der Waals surface area contributed by atoms with Gasteiger partial charge in [0.25, 0.3) is 5.91 Å². The zero-order chi connectivity index (χ0) is 24.8. The van der Waals surface area contributed by atoms with Gasteiger partial charge in [0.2, 0.25) is 0 Å². The van der Waals surface area contributed by atoms with Crippen LogP contribution in [-0.4, -0.2) is 29.9 Å². The van der Waals surface area contributed by atoms with Gasteiger partial charge in [-0.3, -0.25) is 4.79 Å². The molecule has 2 aromatic carbocycles. The summed E-state index contributed by atoms with van der Waals surface area (Å²) < 4.78 is 0. The van der Waals surface area contributed by atoms with Gasteiger partial charge in [0.15, 0.2) is 0 Å². The minimum Gasteiger partial charge on any atom is -0.404 e. The maximum Gasteiger partial charge on any atom is 0.253 e. The zero-order valence-electron chi connectivity index (χ0n) is 20.2. The van der Waals surface area contributed by atoms with Crippen molar-refractivity contribution in [3.63, 3.8) is 0 Å². The summed E-state index contributed by atoms with van der Waals surface area (Å²) in [7, 11) is 0. The minimum absolute atomic E-state index is 0.0958. The van der Waals surface area contributed by atoms with Crippen LogP contribution in [0.25, 0.3) is 12.3 Å². The highest BCUT2D eigenvalue weighted by Gasteiger charge is 2.24. The van der Waals surface area contributed by atoms with Crippen molar-refractivity contribution in [2.24, 2.45) is 5.73 Å². The van der Waals surface area contributed by atoms with Crippen LogP contribution in [0, 0.1) is 18.3 Å². The molecule has 1 saturated heterocycles. The highest BCUT2D eigenvalue weighted by atomic mass is 16.2. The lowest BCUT2D eigenvalue weighted by atomic mass is 9.88. The number of carbonyl (C=O) groups is 1. The minimum atomic E-state index is 0.0958. The number of nitrogens with two attached hydrogens (primary N) is 1. The third-order valence-corrected chi connectivity index (χ3v) is 6.73. The molecule has 2 aliphatic rings. The molecule has 3 N–H and O–H groups in total.